The van der Waals surface area contributed by atoms with E-state index in [4.69, 9.17) is 4.74 Å². The number of rotatable bonds is 5. The maximum Gasteiger partial charge on any atom is 0.324 e. The van der Waals surface area contributed by atoms with Crippen molar-refractivity contribution in [1.29, 1.82) is 0 Å². The minimum Gasteiger partial charge on any atom is -0.465 e. The van der Waals surface area contributed by atoms with E-state index in [1.54, 1.807) is 17.8 Å². The summed E-state index contributed by atoms with van der Waals surface area (Å²) in [7, 11) is 1.84. The predicted molar refractivity (Wildman–Crippen MR) is 72.7 cm³/mol. The molecule has 2 aromatic rings. The molecule has 0 N–H and O–H groups in total. The molecule has 0 saturated carbocycles. The van der Waals surface area contributed by atoms with E-state index in [1.165, 1.54) is 11.8 Å². The molecule has 0 radical (unpaired) electrons. The van der Waals surface area contributed by atoms with Gasteiger partial charge in [0.25, 0.3) is 0 Å². The van der Waals surface area contributed by atoms with Gasteiger partial charge in [0, 0.05) is 7.05 Å². The van der Waals surface area contributed by atoms with Crippen LogP contribution in [0.4, 0.5) is 0 Å². The second-order valence-corrected chi connectivity index (χ2v) is 4.96. The molecule has 19 heavy (non-hydrogen) atoms. The van der Waals surface area contributed by atoms with Gasteiger partial charge in [-0.1, -0.05) is 42.1 Å². The molecule has 1 aromatic carbocycles. The Labute approximate surface area is 116 Å². The first-order valence-corrected chi connectivity index (χ1v) is 6.82. The normalized spacial score (nSPS) is 12.1. The smallest absolute Gasteiger partial charge is 0.324 e. The summed E-state index contributed by atoms with van der Waals surface area (Å²) in [6.45, 7) is 2.16. The van der Waals surface area contributed by atoms with Crippen LogP contribution in [0.3, 0.4) is 0 Å². The van der Waals surface area contributed by atoms with Crippen LogP contribution in [0, 0.1) is 0 Å². The van der Waals surface area contributed by atoms with Gasteiger partial charge in [-0.05, 0) is 12.5 Å². The number of carbonyl (C=O) groups is 1. The number of carbonyl (C=O) groups excluding carboxylic acids is 1. The summed E-state index contributed by atoms with van der Waals surface area (Å²) in [5.74, 6) is -0.262. The van der Waals surface area contributed by atoms with E-state index in [1.807, 2.05) is 37.4 Å². The summed E-state index contributed by atoms with van der Waals surface area (Å²) in [5, 5.41) is 8.06. The molecule has 1 heterocycles. The summed E-state index contributed by atoms with van der Waals surface area (Å²) in [4.78, 5) is 12.1. The number of aryl methyl sites for hydroxylation is 1. The second-order valence-electron chi connectivity index (χ2n) is 3.89. The molecule has 1 aromatic heterocycles. The van der Waals surface area contributed by atoms with Crippen molar-refractivity contribution in [1.82, 2.24) is 14.8 Å². The third-order valence-electron chi connectivity index (χ3n) is 2.50. The lowest BCUT2D eigenvalue weighted by Gasteiger charge is -2.14. The molecule has 0 spiro atoms. The number of hydrogen-bond donors (Lipinski definition) is 0. The topological polar surface area (TPSA) is 57.0 Å². The highest BCUT2D eigenvalue weighted by atomic mass is 32.2. The maximum absolute atomic E-state index is 12.1. The Morgan fingerprint density at radius 1 is 1.42 bits per heavy atom. The molecular formula is C13H15N3O2S. The van der Waals surface area contributed by atoms with E-state index in [0.29, 0.717) is 11.8 Å². The Bertz CT molecular complexity index is 542. The van der Waals surface area contributed by atoms with Crippen molar-refractivity contribution in [3.63, 3.8) is 0 Å². The molecule has 0 unspecified atom stereocenters. The van der Waals surface area contributed by atoms with Gasteiger partial charge < -0.3 is 9.30 Å². The molecule has 0 aliphatic rings. The summed E-state index contributed by atoms with van der Waals surface area (Å²) in [5.41, 5.74) is 0.897. The van der Waals surface area contributed by atoms with Gasteiger partial charge in [-0.15, -0.1) is 10.2 Å². The monoisotopic (exact) mass is 277 g/mol. The largest absolute Gasteiger partial charge is 0.465 e. The lowest BCUT2D eigenvalue weighted by molar-refractivity contribution is -0.142. The van der Waals surface area contributed by atoms with Gasteiger partial charge in [-0.2, -0.15) is 0 Å². The van der Waals surface area contributed by atoms with E-state index in [2.05, 4.69) is 10.2 Å². The van der Waals surface area contributed by atoms with Gasteiger partial charge in [0.2, 0.25) is 0 Å². The summed E-state index contributed by atoms with van der Waals surface area (Å²) in [6.07, 6.45) is 1.61. The molecule has 6 heteroatoms. The Kier molecular flexibility index (Phi) is 4.57. The number of ether oxygens (including phenoxy) is 1. The van der Waals surface area contributed by atoms with Crippen molar-refractivity contribution in [3.8, 4) is 0 Å². The Morgan fingerprint density at radius 3 is 2.74 bits per heavy atom. The van der Waals surface area contributed by atoms with Crippen LogP contribution >= 0.6 is 11.8 Å². The van der Waals surface area contributed by atoms with Crippen molar-refractivity contribution in [2.24, 2.45) is 7.05 Å². The molecule has 0 fully saturated rings. The van der Waals surface area contributed by atoms with Crippen molar-refractivity contribution in [2.75, 3.05) is 6.61 Å². The van der Waals surface area contributed by atoms with Crippen LogP contribution in [0.25, 0.3) is 0 Å². The first kappa shape index (κ1) is 13.6. The quantitative estimate of drug-likeness (QED) is 0.619. The first-order chi connectivity index (χ1) is 9.22. The van der Waals surface area contributed by atoms with E-state index in [0.717, 1.165) is 5.56 Å². The third-order valence-corrected chi connectivity index (χ3v) is 3.78. The summed E-state index contributed by atoms with van der Waals surface area (Å²) < 4.78 is 6.91. The van der Waals surface area contributed by atoms with Gasteiger partial charge in [0.05, 0.1) is 6.61 Å². The fourth-order valence-electron chi connectivity index (χ4n) is 1.58. The van der Waals surface area contributed by atoms with Gasteiger partial charge in [-0.25, -0.2) is 0 Å². The average molecular weight is 277 g/mol. The maximum atomic E-state index is 12.1. The fourth-order valence-corrected chi connectivity index (χ4v) is 2.56. The zero-order chi connectivity index (χ0) is 13.7. The van der Waals surface area contributed by atoms with E-state index >= 15 is 0 Å². The van der Waals surface area contributed by atoms with Crippen LogP contribution in [0.1, 0.15) is 17.7 Å². The van der Waals surface area contributed by atoms with Crippen molar-refractivity contribution in [3.05, 3.63) is 42.2 Å². The SMILES string of the molecule is CCOC(=O)[C@@H](Sc1nncn1C)c1ccccc1. The standard InChI is InChI=1S/C13H15N3O2S/c1-3-18-12(17)11(10-7-5-4-6-8-10)19-13-15-14-9-16(13)2/h4-9,11H,3H2,1-2H3/t11-/m0/s1. The summed E-state index contributed by atoms with van der Waals surface area (Å²) >= 11 is 1.34. The van der Waals surface area contributed by atoms with Crippen LogP contribution in [0.15, 0.2) is 41.8 Å². The number of esters is 1. The molecule has 0 bridgehead atoms. The second kappa shape index (κ2) is 6.38. The lowest BCUT2D eigenvalue weighted by atomic mass is 10.1. The van der Waals surface area contributed by atoms with E-state index in [9.17, 15) is 4.79 Å². The van der Waals surface area contributed by atoms with Gasteiger partial charge in [0.15, 0.2) is 5.16 Å². The molecule has 0 aliphatic heterocycles. The molecular weight excluding hydrogens is 262 g/mol. The highest BCUT2D eigenvalue weighted by Crippen LogP contribution is 2.34. The zero-order valence-electron chi connectivity index (χ0n) is 10.8. The molecule has 0 amide bonds. The number of aromatic nitrogens is 3. The molecule has 100 valence electrons. The minimum atomic E-state index is -0.427. The van der Waals surface area contributed by atoms with Crippen LogP contribution in [-0.2, 0) is 16.6 Å². The first-order valence-electron chi connectivity index (χ1n) is 5.94. The predicted octanol–water partition coefficient (Wildman–Crippen LogP) is 2.21. The number of hydrogen-bond acceptors (Lipinski definition) is 5. The van der Waals surface area contributed by atoms with Crippen LogP contribution in [0.5, 0.6) is 0 Å². The van der Waals surface area contributed by atoms with Crippen molar-refractivity contribution >= 4 is 17.7 Å². The highest BCUT2D eigenvalue weighted by molar-refractivity contribution is 8.00. The fraction of sp³-hybridized carbons (Fsp3) is 0.308. The number of thioether (sulfide) groups is 1. The van der Waals surface area contributed by atoms with E-state index < -0.39 is 5.25 Å². The molecule has 1 atom stereocenters. The summed E-state index contributed by atoms with van der Waals surface area (Å²) in [6, 6.07) is 9.53. The number of nitrogens with zero attached hydrogens (tertiary/aromatic N) is 3. The lowest BCUT2D eigenvalue weighted by Crippen LogP contribution is -2.14. The van der Waals surface area contributed by atoms with Crippen LogP contribution < -0.4 is 0 Å². The minimum absolute atomic E-state index is 0.262. The molecule has 2 rings (SSSR count). The third kappa shape index (κ3) is 3.35. The van der Waals surface area contributed by atoms with E-state index in [-0.39, 0.29) is 5.97 Å². The van der Waals surface area contributed by atoms with Crippen molar-refractivity contribution in [2.45, 2.75) is 17.3 Å². The van der Waals surface area contributed by atoms with Crippen LogP contribution in [0.2, 0.25) is 0 Å². The van der Waals surface area contributed by atoms with Gasteiger partial charge in [0.1, 0.15) is 11.6 Å². The van der Waals surface area contributed by atoms with Gasteiger partial charge >= 0.3 is 5.97 Å². The number of benzene rings is 1. The highest BCUT2D eigenvalue weighted by Gasteiger charge is 2.25. The van der Waals surface area contributed by atoms with Crippen molar-refractivity contribution < 1.29 is 9.53 Å². The Hall–Kier alpha value is -1.82. The molecule has 5 nitrogen and oxygen atoms in total. The average Bonchev–Trinajstić information content (AvgIpc) is 2.82. The Morgan fingerprint density at radius 2 is 2.16 bits per heavy atom. The molecule has 0 aliphatic carbocycles. The van der Waals surface area contributed by atoms with Gasteiger partial charge in [-0.3, -0.25) is 4.79 Å². The van der Waals surface area contributed by atoms with Crippen LogP contribution in [-0.4, -0.2) is 27.3 Å². The zero-order valence-corrected chi connectivity index (χ0v) is 11.6. The molecule has 0 saturated heterocycles. The Balaban J connectivity index is 2.25.